The van der Waals surface area contributed by atoms with Crippen molar-refractivity contribution in [2.24, 2.45) is 7.05 Å². The van der Waals surface area contributed by atoms with Crippen LogP contribution in [-0.2, 0) is 19.9 Å². The van der Waals surface area contributed by atoms with Gasteiger partial charge in [-0.3, -0.25) is 9.78 Å². The summed E-state index contributed by atoms with van der Waals surface area (Å²) in [5.74, 6) is 1.72. The molecular formula is C10H17N7. The molecule has 0 aliphatic carbocycles. The Morgan fingerprint density at radius 3 is 2.94 bits per heavy atom. The van der Waals surface area contributed by atoms with Crippen molar-refractivity contribution < 1.29 is 0 Å². The normalized spacial score (nSPS) is 10.7. The third kappa shape index (κ3) is 2.38. The van der Waals surface area contributed by atoms with Gasteiger partial charge in [0.2, 0.25) is 0 Å². The Labute approximate surface area is 99.4 Å². The highest BCUT2D eigenvalue weighted by molar-refractivity contribution is 5.64. The van der Waals surface area contributed by atoms with E-state index in [2.05, 4.69) is 25.6 Å². The van der Waals surface area contributed by atoms with E-state index in [1.165, 1.54) is 6.33 Å². The minimum Gasteiger partial charge on any atom is -0.394 e. The van der Waals surface area contributed by atoms with Crippen LogP contribution in [-0.4, -0.2) is 31.5 Å². The molecule has 0 aliphatic heterocycles. The van der Waals surface area contributed by atoms with Gasteiger partial charge in [-0.15, -0.1) is 0 Å². The Hall–Kier alpha value is -2.05. The minimum atomic E-state index is 0.729. The van der Waals surface area contributed by atoms with Crippen LogP contribution in [0.2, 0.25) is 0 Å². The molecule has 0 radical (unpaired) electrons. The highest BCUT2D eigenvalue weighted by atomic mass is 15.3. The number of rotatable bonds is 5. The SMILES string of the molecule is CCc1nn(C)c(NCCc2ncn[nH]2)c1N. The number of nitrogens with one attached hydrogen (secondary N) is 2. The first-order valence-electron chi connectivity index (χ1n) is 5.61. The average molecular weight is 235 g/mol. The minimum absolute atomic E-state index is 0.729. The van der Waals surface area contributed by atoms with E-state index < -0.39 is 0 Å². The summed E-state index contributed by atoms with van der Waals surface area (Å²) in [5, 5.41) is 14.2. The Balaban J connectivity index is 1.97. The Morgan fingerprint density at radius 1 is 1.53 bits per heavy atom. The van der Waals surface area contributed by atoms with Gasteiger partial charge in [0.25, 0.3) is 0 Å². The number of nitrogens with two attached hydrogens (primary N) is 1. The number of nitrogen functional groups attached to an aromatic ring is 1. The van der Waals surface area contributed by atoms with Gasteiger partial charge in [-0.1, -0.05) is 6.92 Å². The van der Waals surface area contributed by atoms with E-state index in [1.54, 1.807) is 4.68 Å². The molecule has 0 unspecified atom stereocenters. The van der Waals surface area contributed by atoms with Gasteiger partial charge in [0.1, 0.15) is 18.0 Å². The Bertz CT molecular complexity index is 471. The predicted molar refractivity (Wildman–Crippen MR) is 65.6 cm³/mol. The molecule has 2 heterocycles. The highest BCUT2D eigenvalue weighted by Crippen LogP contribution is 2.21. The second-order valence-corrected chi connectivity index (χ2v) is 3.80. The van der Waals surface area contributed by atoms with Gasteiger partial charge in [-0.05, 0) is 6.42 Å². The van der Waals surface area contributed by atoms with Crippen molar-refractivity contribution in [1.29, 1.82) is 0 Å². The maximum Gasteiger partial charge on any atom is 0.147 e. The van der Waals surface area contributed by atoms with Crippen molar-refractivity contribution in [2.45, 2.75) is 19.8 Å². The molecule has 0 atom stereocenters. The summed E-state index contributed by atoms with van der Waals surface area (Å²) in [5.41, 5.74) is 7.65. The quantitative estimate of drug-likeness (QED) is 0.694. The summed E-state index contributed by atoms with van der Waals surface area (Å²) in [4.78, 5) is 4.05. The third-order valence-corrected chi connectivity index (χ3v) is 2.61. The fraction of sp³-hybridized carbons (Fsp3) is 0.500. The number of anilines is 2. The predicted octanol–water partition coefficient (Wildman–Crippen LogP) is 0.337. The summed E-state index contributed by atoms with van der Waals surface area (Å²) in [7, 11) is 1.88. The number of aryl methyl sites for hydroxylation is 2. The van der Waals surface area contributed by atoms with Crippen molar-refractivity contribution in [1.82, 2.24) is 25.0 Å². The summed E-state index contributed by atoms with van der Waals surface area (Å²) in [6.45, 7) is 2.78. The maximum absolute atomic E-state index is 5.99. The van der Waals surface area contributed by atoms with Gasteiger partial charge in [-0.25, -0.2) is 4.98 Å². The number of hydrogen-bond acceptors (Lipinski definition) is 5. The van der Waals surface area contributed by atoms with Crippen molar-refractivity contribution in [2.75, 3.05) is 17.6 Å². The molecule has 0 bridgehead atoms. The van der Waals surface area contributed by atoms with E-state index in [-0.39, 0.29) is 0 Å². The standard InChI is InChI=1S/C10H17N7/c1-3-7-9(11)10(17(2)16-7)12-5-4-8-13-6-14-15-8/h6,12H,3-5,11H2,1-2H3,(H,13,14,15). The van der Waals surface area contributed by atoms with E-state index in [1.807, 2.05) is 14.0 Å². The first-order chi connectivity index (χ1) is 8.22. The van der Waals surface area contributed by atoms with E-state index in [9.17, 15) is 0 Å². The van der Waals surface area contributed by atoms with Crippen LogP contribution in [0.5, 0.6) is 0 Å². The largest absolute Gasteiger partial charge is 0.394 e. The Morgan fingerprint density at radius 2 is 2.35 bits per heavy atom. The zero-order valence-corrected chi connectivity index (χ0v) is 10.1. The molecule has 0 saturated heterocycles. The summed E-state index contributed by atoms with van der Waals surface area (Å²) < 4.78 is 1.77. The van der Waals surface area contributed by atoms with E-state index in [4.69, 9.17) is 5.73 Å². The Kier molecular flexibility index (Phi) is 3.27. The lowest BCUT2D eigenvalue weighted by atomic mass is 10.3. The van der Waals surface area contributed by atoms with Crippen LogP contribution >= 0.6 is 0 Å². The van der Waals surface area contributed by atoms with Crippen LogP contribution in [0.4, 0.5) is 11.5 Å². The number of aromatic amines is 1. The van der Waals surface area contributed by atoms with Crippen LogP contribution in [0, 0.1) is 0 Å². The number of aromatic nitrogens is 5. The number of hydrogen-bond donors (Lipinski definition) is 3. The topological polar surface area (TPSA) is 97.4 Å². The highest BCUT2D eigenvalue weighted by Gasteiger charge is 2.11. The monoisotopic (exact) mass is 235 g/mol. The van der Waals surface area contributed by atoms with Crippen LogP contribution < -0.4 is 11.1 Å². The number of H-pyrrole nitrogens is 1. The van der Waals surface area contributed by atoms with E-state index >= 15 is 0 Å². The van der Waals surface area contributed by atoms with Crippen molar-refractivity contribution in [3.8, 4) is 0 Å². The fourth-order valence-electron chi connectivity index (χ4n) is 1.72. The van der Waals surface area contributed by atoms with Gasteiger partial charge in [-0.2, -0.15) is 10.2 Å². The molecule has 0 saturated carbocycles. The molecule has 7 nitrogen and oxygen atoms in total. The van der Waals surface area contributed by atoms with E-state index in [0.29, 0.717) is 0 Å². The molecule has 0 fully saturated rings. The first-order valence-corrected chi connectivity index (χ1v) is 5.61. The first kappa shape index (κ1) is 11.4. The van der Waals surface area contributed by atoms with Crippen LogP contribution in [0.1, 0.15) is 18.4 Å². The van der Waals surface area contributed by atoms with Crippen molar-refractivity contribution in [3.05, 3.63) is 17.8 Å². The smallest absolute Gasteiger partial charge is 0.147 e. The lowest BCUT2D eigenvalue weighted by molar-refractivity contribution is 0.745. The van der Waals surface area contributed by atoms with Crippen LogP contribution in [0.25, 0.3) is 0 Å². The van der Waals surface area contributed by atoms with Gasteiger partial charge in [0, 0.05) is 20.0 Å². The second-order valence-electron chi connectivity index (χ2n) is 3.80. The summed E-state index contributed by atoms with van der Waals surface area (Å²) >= 11 is 0. The molecule has 4 N–H and O–H groups in total. The van der Waals surface area contributed by atoms with Gasteiger partial charge in [0.05, 0.1) is 11.4 Å². The lowest BCUT2D eigenvalue weighted by Gasteiger charge is -2.06. The molecule has 0 aromatic carbocycles. The van der Waals surface area contributed by atoms with Gasteiger partial charge < -0.3 is 11.1 Å². The molecule has 0 aliphatic rings. The average Bonchev–Trinajstić information content (AvgIpc) is 2.91. The maximum atomic E-state index is 5.99. The lowest BCUT2D eigenvalue weighted by Crippen LogP contribution is -2.10. The fourth-order valence-corrected chi connectivity index (χ4v) is 1.72. The second kappa shape index (κ2) is 4.86. The van der Waals surface area contributed by atoms with Crippen molar-refractivity contribution in [3.63, 3.8) is 0 Å². The van der Waals surface area contributed by atoms with E-state index in [0.717, 1.165) is 42.4 Å². The molecule has 0 amide bonds. The molecule has 92 valence electrons. The van der Waals surface area contributed by atoms with Crippen LogP contribution in [0.15, 0.2) is 6.33 Å². The molecule has 2 aromatic heterocycles. The zero-order chi connectivity index (χ0) is 12.3. The molecular weight excluding hydrogens is 218 g/mol. The van der Waals surface area contributed by atoms with Crippen LogP contribution in [0.3, 0.4) is 0 Å². The third-order valence-electron chi connectivity index (χ3n) is 2.61. The molecule has 7 heteroatoms. The molecule has 2 rings (SSSR count). The zero-order valence-electron chi connectivity index (χ0n) is 10.1. The molecule has 17 heavy (non-hydrogen) atoms. The molecule has 2 aromatic rings. The van der Waals surface area contributed by atoms with Crippen molar-refractivity contribution >= 4 is 11.5 Å². The van der Waals surface area contributed by atoms with Gasteiger partial charge in [0.15, 0.2) is 0 Å². The summed E-state index contributed by atoms with van der Waals surface area (Å²) in [6.07, 6.45) is 3.11. The number of nitrogens with zero attached hydrogens (tertiary/aromatic N) is 4. The summed E-state index contributed by atoms with van der Waals surface area (Å²) in [6, 6.07) is 0. The van der Waals surface area contributed by atoms with Gasteiger partial charge >= 0.3 is 0 Å². The molecule has 0 spiro atoms.